The van der Waals surface area contributed by atoms with Gasteiger partial charge in [0, 0.05) is 17.4 Å². The normalized spacial score (nSPS) is 24.6. The highest BCUT2D eigenvalue weighted by Crippen LogP contribution is 2.34. The molecule has 3 heteroatoms. The van der Waals surface area contributed by atoms with Crippen LogP contribution in [-0.4, -0.2) is 25.7 Å². The second-order valence-corrected chi connectivity index (χ2v) is 5.38. The van der Waals surface area contributed by atoms with E-state index in [2.05, 4.69) is 34.1 Å². The van der Waals surface area contributed by atoms with Gasteiger partial charge in [-0.1, -0.05) is 28.1 Å². The van der Waals surface area contributed by atoms with Crippen molar-refractivity contribution in [3.05, 3.63) is 29.8 Å². The first-order chi connectivity index (χ1) is 8.28. The smallest absolute Gasteiger partial charge is 0.119 e. The number of methoxy groups -OCH3 is 1. The second-order valence-electron chi connectivity index (χ2n) is 4.82. The van der Waals surface area contributed by atoms with Crippen molar-refractivity contribution in [2.75, 3.05) is 25.7 Å². The van der Waals surface area contributed by atoms with E-state index in [1.165, 1.54) is 12.0 Å². The molecule has 1 aliphatic heterocycles. The zero-order chi connectivity index (χ0) is 12.1. The van der Waals surface area contributed by atoms with Crippen LogP contribution in [0.25, 0.3) is 0 Å². The Bertz CT molecular complexity index is 359. The average molecular weight is 299 g/mol. The van der Waals surface area contributed by atoms with Gasteiger partial charge in [-0.3, -0.25) is 0 Å². The van der Waals surface area contributed by atoms with Gasteiger partial charge in [-0.05, 0) is 37.0 Å². The number of halogens is 1. The Morgan fingerprint density at radius 3 is 3.00 bits per heavy atom. The zero-order valence-corrected chi connectivity index (χ0v) is 11.8. The van der Waals surface area contributed by atoms with E-state index in [4.69, 9.17) is 9.47 Å². The van der Waals surface area contributed by atoms with Crippen LogP contribution in [0.1, 0.15) is 18.4 Å². The van der Waals surface area contributed by atoms with Gasteiger partial charge in [0.2, 0.25) is 0 Å². The topological polar surface area (TPSA) is 18.5 Å². The molecule has 0 amide bonds. The Hall–Kier alpha value is -0.540. The minimum absolute atomic E-state index is 0.255. The number of benzene rings is 1. The monoisotopic (exact) mass is 298 g/mol. The van der Waals surface area contributed by atoms with Crippen molar-refractivity contribution in [2.24, 2.45) is 5.41 Å². The van der Waals surface area contributed by atoms with Crippen LogP contribution in [0, 0.1) is 5.41 Å². The first-order valence-electron chi connectivity index (χ1n) is 6.05. The molecule has 0 aliphatic carbocycles. The lowest BCUT2D eigenvalue weighted by molar-refractivity contribution is 0.00613. The van der Waals surface area contributed by atoms with E-state index < -0.39 is 0 Å². The summed E-state index contributed by atoms with van der Waals surface area (Å²) < 4.78 is 10.9. The number of ether oxygens (including phenoxy) is 2. The Balaban J connectivity index is 2.11. The highest BCUT2D eigenvalue weighted by atomic mass is 79.9. The van der Waals surface area contributed by atoms with Crippen LogP contribution in [-0.2, 0) is 11.2 Å². The minimum atomic E-state index is 0.255. The van der Waals surface area contributed by atoms with Gasteiger partial charge < -0.3 is 9.47 Å². The summed E-state index contributed by atoms with van der Waals surface area (Å²) >= 11 is 3.65. The summed E-state index contributed by atoms with van der Waals surface area (Å²) in [7, 11) is 1.71. The van der Waals surface area contributed by atoms with Crippen molar-refractivity contribution in [1.29, 1.82) is 0 Å². The van der Waals surface area contributed by atoms with Crippen molar-refractivity contribution < 1.29 is 9.47 Å². The standard InChI is InChI=1S/C14H19BrO2/c1-16-13-5-2-4-12(8-13)9-14(10-15)6-3-7-17-11-14/h2,4-5,8H,3,6-7,9-11H2,1H3. The van der Waals surface area contributed by atoms with Crippen molar-refractivity contribution in [3.8, 4) is 5.75 Å². The zero-order valence-electron chi connectivity index (χ0n) is 10.2. The van der Waals surface area contributed by atoms with Gasteiger partial charge in [-0.2, -0.15) is 0 Å². The lowest BCUT2D eigenvalue weighted by atomic mass is 9.79. The van der Waals surface area contributed by atoms with Crippen LogP contribution in [0.15, 0.2) is 24.3 Å². The number of rotatable bonds is 4. The van der Waals surface area contributed by atoms with E-state index in [9.17, 15) is 0 Å². The van der Waals surface area contributed by atoms with Crippen LogP contribution in [0.2, 0.25) is 0 Å². The Morgan fingerprint density at radius 1 is 1.47 bits per heavy atom. The Morgan fingerprint density at radius 2 is 2.35 bits per heavy atom. The van der Waals surface area contributed by atoms with Gasteiger partial charge in [0.1, 0.15) is 5.75 Å². The number of hydrogen-bond acceptors (Lipinski definition) is 2. The van der Waals surface area contributed by atoms with Gasteiger partial charge in [0.15, 0.2) is 0 Å². The van der Waals surface area contributed by atoms with Gasteiger partial charge >= 0.3 is 0 Å². The molecule has 2 nitrogen and oxygen atoms in total. The predicted octanol–water partition coefficient (Wildman–Crippen LogP) is 3.43. The first kappa shape index (κ1) is 12.9. The first-order valence-corrected chi connectivity index (χ1v) is 7.17. The second kappa shape index (κ2) is 5.87. The molecule has 17 heavy (non-hydrogen) atoms. The van der Waals surface area contributed by atoms with E-state index in [-0.39, 0.29) is 5.41 Å². The molecule has 1 aromatic rings. The molecular weight excluding hydrogens is 280 g/mol. The van der Waals surface area contributed by atoms with Gasteiger partial charge in [-0.15, -0.1) is 0 Å². The molecule has 94 valence electrons. The van der Waals surface area contributed by atoms with E-state index in [0.29, 0.717) is 0 Å². The van der Waals surface area contributed by atoms with Crippen molar-refractivity contribution >= 4 is 15.9 Å². The summed E-state index contributed by atoms with van der Waals surface area (Å²) in [6.07, 6.45) is 3.44. The van der Waals surface area contributed by atoms with E-state index in [1.807, 2.05) is 6.07 Å². The van der Waals surface area contributed by atoms with Gasteiger partial charge in [0.25, 0.3) is 0 Å². The molecule has 0 aromatic heterocycles. The molecule has 1 saturated heterocycles. The van der Waals surface area contributed by atoms with Crippen molar-refractivity contribution in [3.63, 3.8) is 0 Å². The molecule has 1 unspecified atom stereocenters. The molecule has 1 heterocycles. The largest absolute Gasteiger partial charge is 0.497 e. The lowest BCUT2D eigenvalue weighted by Gasteiger charge is -2.35. The maximum atomic E-state index is 5.64. The highest BCUT2D eigenvalue weighted by molar-refractivity contribution is 9.09. The molecule has 0 N–H and O–H groups in total. The van der Waals surface area contributed by atoms with Crippen LogP contribution in [0.4, 0.5) is 0 Å². The third-order valence-electron chi connectivity index (χ3n) is 3.40. The van der Waals surface area contributed by atoms with Gasteiger partial charge in [-0.25, -0.2) is 0 Å². The van der Waals surface area contributed by atoms with Crippen LogP contribution in [0.3, 0.4) is 0 Å². The molecule has 1 fully saturated rings. The van der Waals surface area contributed by atoms with E-state index >= 15 is 0 Å². The summed E-state index contributed by atoms with van der Waals surface area (Å²) in [4.78, 5) is 0. The maximum absolute atomic E-state index is 5.64. The van der Waals surface area contributed by atoms with Crippen LogP contribution in [0.5, 0.6) is 5.75 Å². The molecule has 2 rings (SSSR count). The maximum Gasteiger partial charge on any atom is 0.119 e. The highest BCUT2D eigenvalue weighted by Gasteiger charge is 2.32. The number of alkyl halides is 1. The van der Waals surface area contributed by atoms with E-state index in [1.54, 1.807) is 7.11 Å². The predicted molar refractivity (Wildman–Crippen MR) is 73.0 cm³/mol. The van der Waals surface area contributed by atoms with Crippen LogP contribution < -0.4 is 4.74 Å². The van der Waals surface area contributed by atoms with Crippen LogP contribution >= 0.6 is 15.9 Å². The minimum Gasteiger partial charge on any atom is -0.497 e. The third kappa shape index (κ3) is 3.23. The summed E-state index contributed by atoms with van der Waals surface area (Å²) in [6, 6.07) is 8.34. The quantitative estimate of drug-likeness (QED) is 0.793. The fraction of sp³-hybridized carbons (Fsp3) is 0.571. The number of hydrogen-bond donors (Lipinski definition) is 0. The summed E-state index contributed by atoms with van der Waals surface area (Å²) in [5, 5.41) is 0.997. The molecule has 1 aliphatic rings. The fourth-order valence-corrected chi connectivity index (χ4v) is 3.06. The molecule has 1 atom stereocenters. The molecule has 0 bridgehead atoms. The Labute approximate surface area is 111 Å². The molecule has 0 saturated carbocycles. The third-order valence-corrected chi connectivity index (χ3v) is 4.59. The fourth-order valence-electron chi connectivity index (χ4n) is 2.42. The average Bonchev–Trinajstić information content (AvgIpc) is 2.40. The van der Waals surface area contributed by atoms with Crippen molar-refractivity contribution in [1.82, 2.24) is 0 Å². The van der Waals surface area contributed by atoms with Crippen molar-refractivity contribution in [2.45, 2.75) is 19.3 Å². The molecule has 1 aromatic carbocycles. The molecule has 0 radical (unpaired) electrons. The van der Waals surface area contributed by atoms with E-state index in [0.717, 1.165) is 37.1 Å². The summed E-state index contributed by atoms with van der Waals surface area (Å²) in [5.74, 6) is 0.934. The van der Waals surface area contributed by atoms with Gasteiger partial charge in [0.05, 0.1) is 13.7 Å². The summed E-state index contributed by atoms with van der Waals surface area (Å²) in [6.45, 7) is 1.77. The lowest BCUT2D eigenvalue weighted by Crippen LogP contribution is -2.35. The Kier molecular flexibility index (Phi) is 4.46. The SMILES string of the molecule is COc1cccc(CC2(CBr)CCCOC2)c1. The molecule has 0 spiro atoms. The summed E-state index contributed by atoms with van der Waals surface area (Å²) in [5.41, 5.74) is 1.58. The molecular formula is C14H19BrO2.